The van der Waals surface area contributed by atoms with Crippen LogP contribution in [0.4, 0.5) is 0 Å². The summed E-state index contributed by atoms with van der Waals surface area (Å²) in [5.74, 6) is 1.67. The Morgan fingerprint density at radius 3 is 2.82 bits per heavy atom. The van der Waals surface area contributed by atoms with Crippen LogP contribution < -0.4 is 4.74 Å². The molecule has 0 bridgehead atoms. The predicted octanol–water partition coefficient (Wildman–Crippen LogP) is 5.14. The number of carbonyl (C=O) groups excluding carboxylic acids is 1. The molecule has 33 heavy (non-hydrogen) atoms. The summed E-state index contributed by atoms with van der Waals surface area (Å²) in [5.41, 5.74) is 7.06. The number of benzene rings is 2. The minimum atomic E-state index is -0.228. The van der Waals surface area contributed by atoms with E-state index in [4.69, 9.17) is 9.26 Å². The monoisotopic (exact) mass is 441 g/mol. The number of aryl methyl sites for hydroxylation is 2. The van der Waals surface area contributed by atoms with E-state index in [1.165, 1.54) is 10.9 Å². The first kappa shape index (κ1) is 20.1. The van der Waals surface area contributed by atoms with Crippen LogP contribution in [0, 0.1) is 6.92 Å². The number of para-hydroxylation sites is 1. The molecule has 1 N–H and O–H groups in total. The first-order valence-corrected chi connectivity index (χ1v) is 11.7. The molecule has 0 spiro atoms. The van der Waals surface area contributed by atoms with Crippen molar-refractivity contribution in [1.29, 1.82) is 0 Å². The van der Waals surface area contributed by atoms with Crippen LogP contribution in [-0.2, 0) is 19.3 Å². The first-order chi connectivity index (χ1) is 16.2. The lowest BCUT2D eigenvalue weighted by molar-refractivity contribution is 0.0680. The molecule has 6 rings (SSSR count). The molecule has 0 radical (unpaired) electrons. The number of methoxy groups -OCH3 is 1. The van der Waals surface area contributed by atoms with E-state index in [-0.39, 0.29) is 11.9 Å². The van der Waals surface area contributed by atoms with Crippen molar-refractivity contribution >= 4 is 16.8 Å². The van der Waals surface area contributed by atoms with Crippen LogP contribution in [0.3, 0.4) is 0 Å². The van der Waals surface area contributed by atoms with Gasteiger partial charge >= 0.3 is 0 Å². The fraction of sp³-hybridized carbons (Fsp3) is 0.333. The van der Waals surface area contributed by atoms with Crippen LogP contribution in [0.1, 0.15) is 63.1 Å². The Morgan fingerprint density at radius 1 is 1.12 bits per heavy atom. The maximum atomic E-state index is 13.9. The number of nitrogens with one attached hydrogen (secondary N) is 1. The van der Waals surface area contributed by atoms with Crippen molar-refractivity contribution < 1.29 is 14.1 Å². The third-order valence-corrected chi connectivity index (χ3v) is 7.18. The third-order valence-electron chi connectivity index (χ3n) is 7.18. The van der Waals surface area contributed by atoms with Crippen LogP contribution in [0.15, 0.2) is 47.0 Å². The van der Waals surface area contributed by atoms with Gasteiger partial charge in [0.2, 0.25) is 0 Å². The second-order valence-electron chi connectivity index (χ2n) is 9.08. The highest BCUT2D eigenvalue weighted by molar-refractivity contribution is 5.95. The summed E-state index contributed by atoms with van der Waals surface area (Å²) in [5, 5.41) is 5.48. The van der Waals surface area contributed by atoms with Gasteiger partial charge in [0, 0.05) is 35.1 Å². The summed E-state index contributed by atoms with van der Waals surface area (Å²) >= 11 is 0. The molecular weight excluding hydrogens is 414 g/mol. The van der Waals surface area contributed by atoms with Gasteiger partial charge in [-0.2, -0.15) is 0 Å². The van der Waals surface area contributed by atoms with E-state index in [0.29, 0.717) is 12.2 Å². The van der Waals surface area contributed by atoms with Crippen molar-refractivity contribution in [3.05, 3.63) is 81.9 Å². The Kier molecular flexibility index (Phi) is 4.75. The van der Waals surface area contributed by atoms with Crippen LogP contribution in [0.5, 0.6) is 5.75 Å². The smallest absolute Gasteiger partial charge is 0.277 e. The number of fused-ring (bicyclic) bond motifs is 4. The van der Waals surface area contributed by atoms with Gasteiger partial charge in [0.05, 0.1) is 13.2 Å². The van der Waals surface area contributed by atoms with Crippen LogP contribution in [-0.4, -0.2) is 34.6 Å². The summed E-state index contributed by atoms with van der Waals surface area (Å²) in [6.07, 6.45) is 4.69. The highest BCUT2D eigenvalue weighted by Gasteiger charge is 2.37. The number of nitrogens with zero attached hydrogens (tertiary/aromatic N) is 2. The number of hydrogen-bond donors (Lipinski definition) is 1. The largest absolute Gasteiger partial charge is 0.496 e. The van der Waals surface area contributed by atoms with E-state index in [1.54, 1.807) is 7.11 Å². The summed E-state index contributed by atoms with van der Waals surface area (Å²) < 4.78 is 11.1. The maximum absolute atomic E-state index is 13.9. The molecule has 1 amide bonds. The SMILES string of the molecule is COc1ccc([C@@H]2c3[nH]c4ccccc4c3CCN2C(=O)c2noc3c2CCCC3)cc1C. The van der Waals surface area contributed by atoms with Crippen molar-refractivity contribution in [2.75, 3.05) is 13.7 Å². The normalized spacial score (nSPS) is 17.6. The molecule has 0 fully saturated rings. The quantitative estimate of drug-likeness (QED) is 0.478. The van der Waals surface area contributed by atoms with Crippen molar-refractivity contribution in [2.45, 2.75) is 45.1 Å². The topological polar surface area (TPSA) is 71.4 Å². The number of rotatable bonds is 3. The van der Waals surface area contributed by atoms with E-state index >= 15 is 0 Å². The molecule has 6 nitrogen and oxygen atoms in total. The highest BCUT2D eigenvalue weighted by atomic mass is 16.5. The zero-order chi connectivity index (χ0) is 22.5. The minimum Gasteiger partial charge on any atom is -0.496 e. The molecule has 0 unspecified atom stereocenters. The molecule has 1 aliphatic carbocycles. The standard InChI is InChI=1S/C27H27N3O3/c1-16-15-17(11-12-22(16)32-2)26-24-19(18-7-3-5-9-21(18)28-24)13-14-30(26)27(31)25-20-8-4-6-10-23(20)33-29-25/h3,5,7,9,11-12,15,26,28H,4,6,8,10,13-14H2,1-2H3/t26-/m1/s1. The number of amides is 1. The fourth-order valence-corrected chi connectivity index (χ4v) is 5.57. The van der Waals surface area contributed by atoms with Gasteiger partial charge in [-0.3, -0.25) is 4.79 Å². The molecule has 2 aliphatic rings. The zero-order valence-electron chi connectivity index (χ0n) is 19.0. The van der Waals surface area contributed by atoms with E-state index in [0.717, 1.165) is 71.5 Å². The third kappa shape index (κ3) is 3.16. The van der Waals surface area contributed by atoms with E-state index in [1.807, 2.05) is 24.0 Å². The zero-order valence-corrected chi connectivity index (χ0v) is 19.0. The molecule has 1 aliphatic heterocycles. The van der Waals surface area contributed by atoms with Gasteiger partial charge in [-0.15, -0.1) is 0 Å². The second kappa shape index (κ2) is 7.80. The first-order valence-electron chi connectivity index (χ1n) is 11.7. The van der Waals surface area contributed by atoms with Gasteiger partial charge in [0.1, 0.15) is 11.5 Å². The lowest BCUT2D eigenvalue weighted by Crippen LogP contribution is -2.41. The van der Waals surface area contributed by atoms with Gasteiger partial charge in [-0.25, -0.2) is 0 Å². The number of aromatic amines is 1. The molecule has 4 aromatic rings. The van der Waals surface area contributed by atoms with E-state index in [9.17, 15) is 4.79 Å². The number of carbonyl (C=O) groups is 1. The molecule has 168 valence electrons. The minimum absolute atomic E-state index is 0.0512. The average molecular weight is 442 g/mol. The molecule has 1 atom stereocenters. The maximum Gasteiger partial charge on any atom is 0.277 e. The summed E-state index contributed by atoms with van der Waals surface area (Å²) in [7, 11) is 1.68. The van der Waals surface area contributed by atoms with Crippen molar-refractivity contribution in [3.63, 3.8) is 0 Å². The van der Waals surface area contributed by atoms with Crippen LogP contribution in [0.2, 0.25) is 0 Å². The molecule has 6 heteroatoms. The number of hydrogen-bond acceptors (Lipinski definition) is 4. The van der Waals surface area contributed by atoms with Gasteiger partial charge in [-0.05, 0) is 67.5 Å². The van der Waals surface area contributed by atoms with Crippen molar-refractivity contribution in [3.8, 4) is 5.75 Å². The molecule has 0 saturated carbocycles. The highest BCUT2D eigenvalue weighted by Crippen LogP contribution is 2.40. The lowest BCUT2D eigenvalue weighted by atomic mass is 9.90. The Bertz CT molecular complexity index is 1370. The van der Waals surface area contributed by atoms with Gasteiger partial charge in [-0.1, -0.05) is 29.4 Å². The number of H-pyrrole nitrogens is 1. The van der Waals surface area contributed by atoms with Crippen molar-refractivity contribution in [1.82, 2.24) is 15.0 Å². The Hall–Kier alpha value is -3.54. The van der Waals surface area contributed by atoms with Gasteiger partial charge in [0.15, 0.2) is 5.69 Å². The molecule has 2 aromatic heterocycles. The van der Waals surface area contributed by atoms with Gasteiger partial charge < -0.3 is 19.1 Å². The summed E-state index contributed by atoms with van der Waals surface area (Å²) in [4.78, 5) is 19.5. The van der Waals surface area contributed by atoms with Crippen LogP contribution >= 0.6 is 0 Å². The molecule has 3 heterocycles. The van der Waals surface area contributed by atoms with Gasteiger partial charge in [0.25, 0.3) is 5.91 Å². The Morgan fingerprint density at radius 2 is 1.97 bits per heavy atom. The van der Waals surface area contributed by atoms with E-state index in [2.05, 4.69) is 40.5 Å². The Labute approximate surface area is 192 Å². The predicted molar refractivity (Wildman–Crippen MR) is 126 cm³/mol. The lowest BCUT2D eigenvalue weighted by Gasteiger charge is -2.36. The molecule has 0 saturated heterocycles. The number of ether oxygens (including phenoxy) is 1. The Balaban J connectivity index is 1.49. The summed E-state index contributed by atoms with van der Waals surface area (Å²) in [6, 6.07) is 14.3. The molecular formula is C27H27N3O3. The average Bonchev–Trinajstić information content (AvgIpc) is 3.44. The van der Waals surface area contributed by atoms with Crippen LogP contribution in [0.25, 0.3) is 10.9 Å². The second-order valence-corrected chi connectivity index (χ2v) is 9.08. The van der Waals surface area contributed by atoms with Crippen molar-refractivity contribution in [2.24, 2.45) is 0 Å². The molecule has 2 aromatic carbocycles. The van der Waals surface area contributed by atoms with E-state index < -0.39 is 0 Å². The summed E-state index contributed by atoms with van der Waals surface area (Å²) in [6.45, 7) is 2.67. The fourth-order valence-electron chi connectivity index (χ4n) is 5.57. The number of aromatic nitrogens is 2.